The average molecular weight is 214 g/mol. The van der Waals surface area contributed by atoms with Crippen molar-refractivity contribution in [2.75, 3.05) is 0 Å². The zero-order valence-corrected chi connectivity index (χ0v) is 10.1. The number of carbonyl (C=O) groups excluding carboxylic acids is 1. The summed E-state index contributed by atoms with van der Waals surface area (Å²) in [4.78, 5) is 11.2. The topological polar surface area (TPSA) is 17.1 Å². The van der Waals surface area contributed by atoms with Gasteiger partial charge in [-0.2, -0.15) is 0 Å². The van der Waals surface area contributed by atoms with Crippen molar-refractivity contribution in [3.8, 4) is 0 Å². The van der Waals surface area contributed by atoms with Crippen molar-refractivity contribution < 1.29 is 4.79 Å². The molecule has 0 saturated carbocycles. The third kappa shape index (κ3) is 5.04. The van der Waals surface area contributed by atoms with Crippen molar-refractivity contribution in [1.29, 1.82) is 0 Å². The van der Waals surface area contributed by atoms with E-state index in [1.165, 1.54) is 44.9 Å². The Labute approximate surface area is 92.0 Å². The molecule has 1 rings (SSSR count). The fourth-order valence-corrected chi connectivity index (χ4v) is 3.16. The molecule has 1 fully saturated rings. The van der Waals surface area contributed by atoms with Crippen LogP contribution in [0.1, 0.15) is 64.7 Å². The highest BCUT2D eigenvalue weighted by Crippen LogP contribution is 2.30. The molecule has 82 valence electrons. The highest BCUT2D eigenvalue weighted by molar-refractivity contribution is 8.14. The van der Waals surface area contributed by atoms with Gasteiger partial charge in [0.1, 0.15) is 0 Å². The lowest BCUT2D eigenvalue weighted by atomic mass is 10.1. The number of hydrogen-bond donors (Lipinski definition) is 0. The molecule has 1 atom stereocenters. The van der Waals surface area contributed by atoms with E-state index in [1.54, 1.807) is 11.8 Å². The van der Waals surface area contributed by atoms with Crippen LogP contribution in [0.2, 0.25) is 0 Å². The minimum Gasteiger partial charge on any atom is -0.287 e. The summed E-state index contributed by atoms with van der Waals surface area (Å²) in [6, 6.07) is 0. The van der Waals surface area contributed by atoms with Gasteiger partial charge >= 0.3 is 0 Å². The highest BCUT2D eigenvalue weighted by Gasteiger charge is 2.19. The maximum absolute atomic E-state index is 11.2. The SMILES string of the molecule is CCCCCCCC1CCCC(=O)S1. The number of rotatable bonds is 6. The first kappa shape index (κ1) is 12.1. The van der Waals surface area contributed by atoms with Crippen LogP contribution in [0.25, 0.3) is 0 Å². The molecule has 1 aliphatic heterocycles. The summed E-state index contributed by atoms with van der Waals surface area (Å²) in [6.07, 6.45) is 11.2. The molecular weight excluding hydrogens is 192 g/mol. The predicted octanol–water partition coefficient (Wildman–Crippen LogP) is 4.16. The standard InChI is InChI=1S/C12H22OS/c1-2-3-4-5-6-8-11-9-7-10-12(13)14-11/h11H,2-10H2,1H3. The normalized spacial score (nSPS) is 22.6. The van der Waals surface area contributed by atoms with Crippen LogP contribution in [0.3, 0.4) is 0 Å². The lowest BCUT2D eigenvalue weighted by molar-refractivity contribution is -0.111. The molecule has 0 aliphatic carbocycles. The monoisotopic (exact) mass is 214 g/mol. The zero-order valence-electron chi connectivity index (χ0n) is 9.26. The van der Waals surface area contributed by atoms with E-state index in [0.29, 0.717) is 10.4 Å². The van der Waals surface area contributed by atoms with Gasteiger partial charge in [-0.05, 0) is 19.3 Å². The van der Waals surface area contributed by atoms with Crippen LogP contribution in [-0.4, -0.2) is 10.4 Å². The fraction of sp³-hybridized carbons (Fsp3) is 0.917. The average Bonchev–Trinajstić information content (AvgIpc) is 2.18. The van der Waals surface area contributed by atoms with Gasteiger partial charge in [-0.15, -0.1) is 0 Å². The van der Waals surface area contributed by atoms with Crippen LogP contribution in [0, 0.1) is 0 Å². The quantitative estimate of drug-likeness (QED) is 0.618. The van der Waals surface area contributed by atoms with Gasteiger partial charge in [0.25, 0.3) is 0 Å². The Bertz CT molecular complexity index is 168. The van der Waals surface area contributed by atoms with Crippen LogP contribution >= 0.6 is 11.8 Å². The Morgan fingerprint density at radius 1 is 1.29 bits per heavy atom. The van der Waals surface area contributed by atoms with Gasteiger partial charge in [-0.3, -0.25) is 4.79 Å². The zero-order chi connectivity index (χ0) is 10.2. The Hall–Kier alpha value is 0.0200. The molecule has 1 heterocycles. The molecule has 0 aromatic heterocycles. The largest absolute Gasteiger partial charge is 0.287 e. The molecule has 2 heteroatoms. The molecule has 1 saturated heterocycles. The van der Waals surface area contributed by atoms with Crippen LogP contribution in [0.15, 0.2) is 0 Å². The highest BCUT2D eigenvalue weighted by atomic mass is 32.2. The van der Waals surface area contributed by atoms with E-state index in [2.05, 4.69) is 6.92 Å². The second-order valence-corrected chi connectivity index (χ2v) is 5.56. The van der Waals surface area contributed by atoms with E-state index in [4.69, 9.17) is 0 Å². The minimum absolute atomic E-state index is 0.426. The first-order valence-corrected chi connectivity index (χ1v) is 6.90. The van der Waals surface area contributed by atoms with E-state index in [0.717, 1.165) is 12.8 Å². The van der Waals surface area contributed by atoms with Crippen LogP contribution < -0.4 is 0 Å². The lowest BCUT2D eigenvalue weighted by Gasteiger charge is -2.19. The molecular formula is C12H22OS. The van der Waals surface area contributed by atoms with E-state index in [1.807, 2.05) is 0 Å². The molecule has 0 aromatic carbocycles. The summed E-state index contributed by atoms with van der Waals surface area (Å²) in [6.45, 7) is 2.25. The van der Waals surface area contributed by atoms with E-state index in [-0.39, 0.29) is 0 Å². The fourth-order valence-electron chi connectivity index (χ4n) is 1.96. The summed E-state index contributed by atoms with van der Waals surface area (Å²) >= 11 is 1.61. The van der Waals surface area contributed by atoms with Crippen molar-refractivity contribution in [1.82, 2.24) is 0 Å². The van der Waals surface area contributed by atoms with Gasteiger partial charge < -0.3 is 0 Å². The minimum atomic E-state index is 0.426. The lowest BCUT2D eigenvalue weighted by Crippen LogP contribution is -2.12. The Morgan fingerprint density at radius 2 is 2.07 bits per heavy atom. The van der Waals surface area contributed by atoms with Crippen molar-refractivity contribution in [3.63, 3.8) is 0 Å². The number of hydrogen-bond acceptors (Lipinski definition) is 2. The summed E-state index contributed by atoms with van der Waals surface area (Å²) in [5.41, 5.74) is 0. The Morgan fingerprint density at radius 3 is 2.79 bits per heavy atom. The maximum atomic E-state index is 11.2. The molecule has 0 spiro atoms. The second-order valence-electron chi connectivity index (χ2n) is 4.21. The number of carbonyl (C=O) groups is 1. The molecule has 14 heavy (non-hydrogen) atoms. The van der Waals surface area contributed by atoms with Crippen molar-refractivity contribution in [2.45, 2.75) is 70.0 Å². The Kier molecular flexibility index (Phi) is 6.33. The van der Waals surface area contributed by atoms with Crippen LogP contribution in [-0.2, 0) is 4.79 Å². The molecule has 1 nitrogen and oxygen atoms in total. The molecule has 1 aliphatic rings. The Balaban J connectivity index is 1.97. The van der Waals surface area contributed by atoms with Gasteiger partial charge in [0.15, 0.2) is 5.12 Å². The summed E-state index contributed by atoms with van der Waals surface area (Å²) in [7, 11) is 0. The second kappa shape index (κ2) is 7.33. The van der Waals surface area contributed by atoms with Crippen LogP contribution in [0.5, 0.6) is 0 Å². The van der Waals surface area contributed by atoms with Crippen molar-refractivity contribution >= 4 is 16.9 Å². The third-order valence-electron chi connectivity index (χ3n) is 2.83. The summed E-state index contributed by atoms with van der Waals surface area (Å²) in [5, 5.41) is 1.08. The van der Waals surface area contributed by atoms with E-state index in [9.17, 15) is 4.79 Å². The molecule has 0 radical (unpaired) electrons. The molecule has 0 amide bonds. The van der Waals surface area contributed by atoms with E-state index >= 15 is 0 Å². The van der Waals surface area contributed by atoms with Gasteiger partial charge in [0, 0.05) is 11.7 Å². The molecule has 0 N–H and O–H groups in total. The third-order valence-corrected chi connectivity index (χ3v) is 4.11. The van der Waals surface area contributed by atoms with Crippen LogP contribution in [0.4, 0.5) is 0 Å². The van der Waals surface area contributed by atoms with Gasteiger partial charge in [-0.25, -0.2) is 0 Å². The van der Waals surface area contributed by atoms with Gasteiger partial charge in [0.05, 0.1) is 0 Å². The first-order chi connectivity index (χ1) is 6.83. The van der Waals surface area contributed by atoms with Crippen molar-refractivity contribution in [3.05, 3.63) is 0 Å². The maximum Gasteiger partial charge on any atom is 0.189 e. The van der Waals surface area contributed by atoms with Gasteiger partial charge in [-0.1, -0.05) is 50.8 Å². The molecule has 0 aromatic rings. The molecule has 1 unspecified atom stereocenters. The number of thioether (sulfide) groups is 1. The van der Waals surface area contributed by atoms with E-state index < -0.39 is 0 Å². The van der Waals surface area contributed by atoms with Crippen molar-refractivity contribution in [2.24, 2.45) is 0 Å². The first-order valence-electron chi connectivity index (χ1n) is 6.02. The van der Waals surface area contributed by atoms with Gasteiger partial charge in [0.2, 0.25) is 0 Å². The molecule has 0 bridgehead atoms. The number of unbranched alkanes of at least 4 members (excludes halogenated alkanes) is 4. The smallest absolute Gasteiger partial charge is 0.189 e. The summed E-state index contributed by atoms with van der Waals surface area (Å²) in [5.74, 6) is 0. The predicted molar refractivity (Wildman–Crippen MR) is 63.6 cm³/mol. The summed E-state index contributed by atoms with van der Waals surface area (Å²) < 4.78 is 0.